The lowest BCUT2D eigenvalue weighted by atomic mass is 10.1. The third-order valence-electron chi connectivity index (χ3n) is 2.29. The van der Waals surface area contributed by atoms with Crippen LogP contribution in [0, 0.1) is 0 Å². The van der Waals surface area contributed by atoms with Crippen molar-refractivity contribution in [1.29, 1.82) is 0 Å². The van der Waals surface area contributed by atoms with E-state index < -0.39 is 29.2 Å². The summed E-state index contributed by atoms with van der Waals surface area (Å²) in [6.45, 7) is 0. The highest BCUT2D eigenvalue weighted by Crippen LogP contribution is 2.38. The van der Waals surface area contributed by atoms with Gasteiger partial charge in [0.25, 0.3) is 5.76 Å². The minimum Gasteiger partial charge on any atom is -0.477 e. The van der Waals surface area contributed by atoms with Crippen LogP contribution in [0.15, 0.2) is 28.8 Å². The first-order valence-corrected chi connectivity index (χ1v) is 5.25. The molecule has 1 aromatic heterocycles. The molecule has 19 heavy (non-hydrogen) atoms. The minimum atomic E-state index is -4.94. The van der Waals surface area contributed by atoms with Crippen LogP contribution >= 0.6 is 11.6 Å². The van der Waals surface area contributed by atoms with Gasteiger partial charge in [0.2, 0.25) is 0 Å². The van der Waals surface area contributed by atoms with E-state index in [0.29, 0.717) is 0 Å². The Morgan fingerprint density at radius 2 is 1.95 bits per heavy atom. The van der Waals surface area contributed by atoms with Gasteiger partial charge in [0.05, 0.1) is 5.02 Å². The van der Waals surface area contributed by atoms with E-state index in [1.807, 2.05) is 0 Å². The number of rotatable bonds is 2. The number of carbonyl (C=O) groups is 1. The zero-order chi connectivity index (χ0) is 14.2. The lowest BCUT2D eigenvalue weighted by Crippen LogP contribution is -2.11. The molecule has 2 rings (SSSR count). The smallest absolute Gasteiger partial charge is 0.453 e. The molecule has 2 aromatic rings. The summed E-state index contributed by atoms with van der Waals surface area (Å²) >= 11 is 5.80. The molecule has 0 unspecified atom stereocenters. The predicted octanol–water partition coefficient (Wildman–Crippen LogP) is 3.71. The zero-order valence-corrected chi connectivity index (χ0v) is 9.79. The molecule has 1 heterocycles. The van der Waals surface area contributed by atoms with Crippen molar-refractivity contribution < 1.29 is 27.6 Å². The maximum absolute atomic E-state index is 12.6. The number of carboxylic acid groups (broad SMARTS) is 1. The van der Waals surface area contributed by atoms with Gasteiger partial charge in [0, 0.05) is 5.56 Å². The first-order valence-electron chi connectivity index (χ1n) is 4.87. The van der Waals surface area contributed by atoms with Gasteiger partial charge < -0.3 is 9.63 Å². The Morgan fingerprint density at radius 3 is 2.47 bits per heavy atom. The molecule has 4 nitrogen and oxygen atoms in total. The van der Waals surface area contributed by atoms with Gasteiger partial charge in [-0.3, -0.25) is 0 Å². The van der Waals surface area contributed by atoms with E-state index in [9.17, 15) is 18.0 Å². The van der Waals surface area contributed by atoms with Crippen molar-refractivity contribution >= 4 is 17.6 Å². The Morgan fingerprint density at radius 1 is 1.32 bits per heavy atom. The quantitative estimate of drug-likeness (QED) is 0.916. The van der Waals surface area contributed by atoms with Crippen LogP contribution in [0.3, 0.4) is 0 Å². The molecule has 0 radical (unpaired) electrons. The lowest BCUT2D eigenvalue weighted by Gasteiger charge is -2.03. The Kier molecular flexibility index (Phi) is 3.23. The SMILES string of the molecule is O=C(O)c1c(-c2ccccc2Cl)noc1C(F)(F)F. The van der Waals surface area contributed by atoms with E-state index in [1.165, 1.54) is 18.2 Å². The normalized spacial score (nSPS) is 11.6. The van der Waals surface area contributed by atoms with Gasteiger partial charge in [0.15, 0.2) is 0 Å². The van der Waals surface area contributed by atoms with Gasteiger partial charge in [-0.05, 0) is 6.07 Å². The number of aromatic nitrogens is 1. The van der Waals surface area contributed by atoms with Gasteiger partial charge in [0.1, 0.15) is 11.3 Å². The minimum absolute atomic E-state index is 0.0563. The van der Waals surface area contributed by atoms with E-state index >= 15 is 0 Å². The molecule has 0 aliphatic heterocycles. The van der Waals surface area contributed by atoms with Crippen LogP contribution in [-0.2, 0) is 6.18 Å². The second-order valence-electron chi connectivity index (χ2n) is 3.52. The average molecular weight is 292 g/mol. The molecule has 1 aromatic carbocycles. The number of benzene rings is 1. The maximum atomic E-state index is 12.6. The monoisotopic (exact) mass is 291 g/mol. The van der Waals surface area contributed by atoms with Crippen LogP contribution in [0.2, 0.25) is 5.02 Å². The summed E-state index contributed by atoms with van der Waals surface area (Å²) in [5, 5.41) is 12.2. The van der Waals surface area contributed by atoms with Gasteiger partial charge in [-0.1, -0.05) is 35.0 Å². The third-order valence-corrected chi connectivity index (χ3v) is 2.62. The van der Waals surface area contributed by atoms with Crippen LogP contribution in [-0.4, -0.2) is 16.2 Å². The summed E-state index contributed by atoms with van der Waals surface area (Å²) in [7, 11) is 0. The van der Waals surface area contributed by atoms with Crippen molar-refractivity contribution in [3.05, 3.63) is 40.6 Å². The molecule has 0 aliphatic carbocycles. The molecule has 1 N–H and O–H groups in total. The van der Waals surface area contributed by atoms with E-state index in [1.54, 1.807) is 6.07 Å². The van der Waals surface area contributed by atoms with Crippen molar-refractivity contribution in [3.63, 3.8) is 0 Å². The molecule has 0 aliphatic rings. The molecule has 0 amide bonds. The average Bonchev–Trinajstić information content (AvgIpc) is 2.73. The second-order valence-corrected chi connectivity index (χ2v) is 3.93. The fraction of sp³-hybridized carbons (Fsp3) is 0.0909. The number of carboxylic acids is 1. The summed E-state index contributed by atoms with van der Waals surface area (Å²) in [6, 6.07) is 5.81. The van der Waals surface area contributed by atoms with E-state index in [0.717, 1.165) is 0 Å². The zero-order valence-electron chi connectivity index (χ0n) is 9.03. The van der Waals surface area contributed by atoms with Crippen molar-refractivity contribution in [2.45, 2.75) is 6.18 Å². The number of hydrogen-bond donors (Lipinski definition) is 1. The molecule has 100 valence electrons. The topological polar surface area (TPSA) is 63.3 Å². The maximum Gasteiger partial charge on any atom is 0.453 e. The highest BCUT2D eigenvalue weighted by atomic mass is 35.5. The fourth-order valence-corrected chi connectivity index (χ4v) is 1.74. The summed E-state index contributed by atoms with van der Waals surface area (Å²) in [5.41, 5.74) is -1.45. The lowest BCUT2D eigenvalue weighted by molar-refractivity contribution is -0.156. The van der Waals surface area contributed by atoms with Crippen LogP contribution in [0.5, 0.6) is 0 Å². The molecule has 0 spiro atoms. The molecule has 0 fully saturated rings. The van der Waals surface area contributed by atoms with Crippen molar-refractivity contribution in [1.82, 2.24) is 5.16 Å². The molecule has 0 saturated heterocycles. The molecular formula is C11H5ClF3NO3. The fourth-order valence-electron chi connectivity index (χ4n) is 1.52. The Labute approximate surface area is 109 Å². The Bertz CT molecular complexity index is 636. The number of aromatic carboxylic acids is 1. The first-order chi connectivity index (χ1) is 8.82. The van der Waals surface area contributed by atoms with E-state index in [4.69, 9.17) is 16.7 Å². The van der Waals surface area contributed by atoms with E-state index in [-0.39, 0.29) is 10.6 Å². The van der Waals surface area contributed by atoms with Crippen molar-refractivity contribution in [2.75, 3.05) is 0 Å². The summed E-state index contributed by atoms with van der Waals surface area (Å²) in [4.78, 5) is 11.0. The largest absolute Gasteiger partial charge is 0.477 e. The summed E-state index contributed by atoms with van der Waals surface area (Å²) in [6.07, 6.45) is -4.94. The van der Waals surface area contributed by atoms with Gasteiger partial charge in [-0.15, -0.1) is 0 Å². The highest BCUT2D eigenvalue weighted by Gasteiger charge is 2.43. The number of hydrogen-bond acceptors (Lipinski definition) is 3. The molecule has 8 heteroatoms. The van der Waals surface area contributed by atoms with Gasteiger partial charge in [-0.2, -0.15) is 13.2 Å². The number of nitrogens with zero attached hydrogens (tertiary/aromatic N) is 1. The predicted molar refractivity (Wildman–Crippen MR) is 58.9 cm³/mol. The number of halogens is 4. The standard InChI is InChI=1S/C11H5ClF3NO3/c12-6-4-2-1-3-5(6)8-7(10(17)18)9(19-16-8)11(13,14)15/h1-4H,(H,17,18). The van der Waals surface area contributed by atoms with Crippen LogP contribution in [0.1, 0.15) is 16.1 Å². The van der Waals surface area contributed by atoms with Crippen LogP contribution in [0.4, 0.5) is 13.2 Å². The first kappa shape index (κ1) is 13.4. The Balaban J connectivity index is 2.70. The van der Waals surface area contributed by atoms with Gasteiger partial charge >= 0.3 is 12.1 Å². The van der Waals surface area contributed by atoms with Crippen LogP contribution < -0.4 is 0 Å². The molecule has 0 atom stereocenters. The van der Waals surface area contributed by atoms with Crippen molar-refractivity contribution in [3.8, 4) is 11.3 Å². The molecule has 0 bridgehead atoms. The summed E-state index contributed by atoms with van der Waals surface area (Å²) in [5.74, 6) is -3.45. The molecular weight excluding hydrogens is 287 g/mol. The molecule has 0 saturated carbocycles. The highest BCUT2D eigenvalue weighted by molar-refractivity contribution is 6.33. The third kappa shape index (κ3) is 2.41. The van der Waals surface area contributed by atoms with Gasteiger partial charge in [-0.25, -0.2) is 4.79 Å². The second kappa shape index (κ2) is 4.58. The summed E-state index contributed by atoms with van der Waals surface area (Å²) < 4.78 is 41.9. The van der Waals surface area contributed by atoms with Crippen molar-refractivity contribution in [2.24, 2.45) is 0 Å². The van der Waals surface area contributed by atoms with Crippen LogP contribution in [0.25, 0.3) is 11.3 Å². The Hall–Kier alpha value is -2.02. The number of alkyl halides is 3. The van der Waals surface area contributed by atoms with E-state index in [2.05, 4.69) is 9.68 Å².